The van der Waals surface area contributed by atoms with Gasteiger partial charge in [-0.05, 0) is 54.7 Å². The molecule has 0 bridgehead atoms. The quantitative estimate of drug-likeness (QED) is 0.573. The highest BCUT2D eigenvalue weighted by molar-refractivity contribution is 6.34. The summed E-state index contributed by atoms with van der Waals surface area (Å²) in [7, 11) is 0. The molecule has 3 aliphatic rings. The number of pyridine rings is 1. The van der Waals surface area contributed by atoms with Crippen LogP contribution in [0, 0.1) is 5.41 Å². The van der Waals surface area contributed by atoms with Gasteiger partial charge >= 0.3 is 0 Å². The third-order valence-electron chi connectivity index (χ3n) is 7.45. The number of phenols is 1. The zero-order valence-electron chi connectivity index (χ0n) is 18.9. The van der Waals surface area contributed by atoms with Gasteiger partial charge in [0.15, 0.2) is 0 Å². The van der Waals surface area contributed by atoms with E-state index in [4.69, 9.17) is 11.6 Å². The van der Waals surface area contributed by atoms with Gasteiger partial charge in [0.1, 0.15) is 11.6 Å². The fourth-order valence-corrected chi connectivity index (χ4v) is 5.50. The van der Waals surface area contributed by atoms with Gasteiger partial charge in [0.25, 0.3) is 0 Å². The number of nitrogens with one attached hydrogen (secondary N) is 1. The van der Waals surface area contributed by atoms with Crippen LogP contribution in [0.2, 0.25) is 5.02 Å². The average Bonchev–Trinajstić information content (AvgIpc) is 3.60. The minimum Gasteiger partial charge on any atom is -0.507 e. The summed E-state index contributed by atoms with van der Waals surface area (Å²) in [6.45, 7) is 4.42. The maximum atomic E-state index is 12.8. The number of carbonyl (C=O) groups excluding carboxylic acids is 1. The number of aromatic nitrogens is 1. The lowest BCUT2D eigenvalue weighted by atomic mass is 9.97. The van der Waals surface area contributed by atoms with Crippen molar-refractivity contribution in [2.75, 3.05) is 42.5 Å². The molecule has 34 heavy (non-hydrogen) atoms. The Morgan fingerprint density at radius 3 is 2.35 bits per heavy atom. The normalized spacial score (nSPS) is 19.1. The standard InChI is InChI=1S/C27H27ClN4O2/c28-22-16-18(4-5-23(22)32-13-9-27(7-8-27)26(32)34)20-2-1-3-21(25(20)33)19-6-10-30-24(17-19)31-14-11-29-12-15-31/h1-6,10,16-17,29,33H,7-9,11-15H2. The van der Waals surface area contributed by atoms with Crippen molar-refractivity contribution >= 4 is 29.0 Å². The molecular formula is C27H27ClN4O2. The molecule has 174 valence electrons. The lowest BCUT2D eigenvalue weighted by Crippen LogP contribution is -2.43. The van der Waals surface area contributed by atoms with Gasteiger partial charge in [0.05, 0.1) is 16.1 Å². The third-order valence-corrected chi connectivity index (χ3v) is 7.75. The molecule has 6 nitrogen and oxygen atoms in total. The van der Waals surface area contributed by atoms with E-state index in [1.165, 1.54) is 0 Å². The maximum absolute atomic E-state index is 12.8. The molecule has 3 heterocycles. The van der Waals surface area contributed by atoms with Crippen LogP contribution in [0.5, 0.6) is 5.75 Å². The molecule has 1 spiro atoms. The molecule has 1 amide bonds. The highest BCUT2D eigenvalue weighted by atomic mass is 35.5. The predicted molar refractivity (Wildman–Crippen MR) is 136 cm³/mol. The van der Waals surface area contributed by atoms with E-state index in [2.05, 4.69) is 15.2 Å². The molecule has 0 unspecified atom stereocenters. The summed E-state index contributed by atoms with van der Waals surface area (Å²) in [5.74, 6) is 1.32. The number of carbonyl (C=O) groups is 1. The van der Waals surface area contributed by atoms with Crippen LogP contribution in [-0.4, -0.2) is 48.7 Å². The molecule has 1 saturated carbocycles. The van der Waals surface area contributed by atoms with E-state index in [0.29, 0.717) is 10.6 Å². The van der Waals surface area contributed by atoms with E-state index < -0.39 is 0 Å². The fourth-order valence-electron chi connectivity index (χ4n) is 5.22. The lowest BCUT2D eigenvalue weighted by molar-refractivity contribution is -0.121. The molecule has 3 fully saturated rings. The number of amides is 1. The maximum Gasteiger partial charge on any atom is 0.233 e. The van der Waals surface area contributed by atoms with E-state index in [9.17, 15) is 9.90 Å². The van der Waals surface area contributed by atoms with Crippen LogP contribution in [0.4, 0.5) is 11.5 Å². The van der Waals surface area contributed by atoms with Crippen LogP contribution in [0.25, 0.3) is 22.3 Å². The van der Waals surface area contributed by atoms with Gasteiger partial charge in [-0.2, -0.15) is 0 Å². The second-order valence-electron chi connectivity index (χ2n) is 9.49. The molecule has 2 N–H and O–H groups in total. The smallest absolute Gasteiger partial charge is 0.233 e. The highest BCUT2D eigenvalue weighted by Crippen LogP contribution is 2.55. The first-order valence-electron chi connectivity index (χ1n) is 11.9. The summed E-state index contributed by atoms with van der Waals surface area (Å²) in [5.41, 5.74) is 3.83. The van der Waals surface area contributed by atoms with E-state index in [1.54, 1.807) is 6.20 Å². The summed E-state index contributed by atoms with van der Waals surface area (Å²) < 4.78 is 0. The summed E-state index contributed by atoms with van der Waals surface area (Å²) in [6, 6.07) is 15.4. The van der Waals surface area contributed by atoms with Crippen molar-refractivity contribution in [3.8, 4) is 28.0 Å². The topological polar surface area (TPSA) is 68.7 Å². The summed E-state index contributed by atoms with van der Waals surface area (Å²) in [4.78, 5) is 21.4. The molecule has 1 aromatic heterocycles. The van der Waals surface area contributed by atoms with Crippen molar-refractivity contribution in [1.82, 2.24) is 10.3 Å². The van der Waals surface area contributed by atoms with Crippen LogP contribution in [0.3, 0.4) is 0 Å². The second kappa shape index (κ2) is 8.29. The predicted octanol–water partition coefficient (Wildman–Crippen LogP) is 4.70. The van der Waals surface area contributed by atoms with Gasteiger partial charge in [0.2, 0.25) is 5.91 Å². The number of para-hydroxylation sites is 1. The Kier molecular flexibility index (Phi) is 5.23. The lowest BCUT2D eigenvalue weighted by Gasteiger charge is -2.28. The van der Waals surface area contributed by atoms with Crippen molar-refractivity contribution < 1.29 is 9.90 Å². The number of hydrogen-bond donors (Lipinski definition) is 2. The number of hydrogen-bond acceptors (Lipinski definition) is 5. The first kappa shape index (κ1) is 21.4. The van der Waals surface area contributed by atoms with Crippen molar-refractivity contribution in [3.05, 3.63) is 59.8 Å². The van der Waals surface area contributed by atoms with Gasteiger partial charge < -0.3 is 20.2 Å². The van der Waals surface area contributed by atoms with Crippen LogP contribution in [0.1, 0.15) is 19.3 Å². The molecule has 2 saturated heterocycles. The Bertz CT molecular complexity index is 1270. The Hall–Kier alpha value is -3.09. The van der Waals surface area contributed by atoms with E-state index in [0.717, 1.165) is 80.2 Å². The molecule has 2 aromatic carbocycles. The van der Waals surface area contributed by atoms with Crippen molar-refractivity contribution in [1.29, 1.82) is 0 Å². The average molecular weight is 475 g/mol. The first-order chi connectivity index (χ1) is 16.6. The van der Waals surface area contributed by atoms with Crippen LogP contribution >= 0.6 is 11.6 Å². The fraction of sp³-hybridized carbons (Fsp3) is 0.333. The minimum atomic E-state index is -0.122. The molecular weight excluding hydrogens is 448 g/mol. The number of halogens is 1. The number of piperazine rings is 1. The van der Waals surface area contributed by atoms with Gasteiger partial charge in [-0.15, -0.1) is 0 Å². The monoisotopic (exact) mass is 474 g/mol. The molecule has 0 atom stereocenters. The van der Waals surface area contributed by atoms with Gasteiger partial charge in [-0.3, -0.25) is 4.79 Å². The zero-order valence-corrected chi connectivity index (χ0v) is 19.7. The zero-order chi connectivity index (χ0) is 23.3. The Morgan fingerprint density at radius 1 is 0.941 bits per heavy atom. The molecule has 2 aliphatic heterocycles. The molecule has 0 radical (unpaired) electrons. The van der Waals surface area contributed by atoms with Crippen LogP contribution in [0.15, 0.2) is 54.7 Å². The van der Waals surface area contributed by atoms with Crippen molar-refractivity contribution in [2.45, 2.75) is 19.3 Å². The largest absolute Gasteiger partial charge is 0.507 e. The number of aromatic hydroxyl groups is 1. The SMILES string of the molecule is O=C1N(c2ccc(-c3cccc(-c4ccnc(N5CCNCC5)c4)c3O)cc2Cl)CCC12CC2. The second-order valence-corrected chi connectivity index (χ2v) is 9.90. The molecule has 1 aliphatic carbocycles. The number of phenolic OH excluding ortho intramolecular Hbond substituents is 1. The van der Waals surface area contributed by atoms with E-state index in [-0.39, 0.29) is 17.1 Å². The molecule has 6 rings (SSSR count). The highest BCUT2D eigenvalue weighted by Gasteiger charge is 2.55. The van der Waals surface area contributed by atoms with Gasteiger partial charge in [-0.1, -0.05) is 35.9 Å². The van der Waals surface area contributed by atoms with Crippen molar-refractivity contribution in [3.63, 3.8) is 0 Å². The number of rotatable bonds is 4. The number of nitrogens with zero attached hydrogens (tertiary/aromatic N) is 3. The number of benzene rings is 2. The number of anilines is 2. The summed E-state index contributed by atoms with van der Waals surface area (Å²) in [6.07, 6.45) is 4.69. The first-order valence-corrected chi connectivity index (χ1v) is 12.3. The molecule has 7 heteroatoms. The minimum absolute atomic E-state index is 0.122. The third kappa shape index (κ3) is 3.62. The van der Waals surface area contributed by atoms with Gasteiger partial charge in [-0.25, -0.2) is 4.98 Å². The summed E-state index contributed by atoms with van der Waals surface area (Å²) in [5, 5.41) is 15.1. The Morgan fingerprint density at radius 2 is 1.68 bits per heavy atom. The molecule has 3 aromatic rings. The van der Waals surface area contributed by atoms with Crippen LogP contribution < -0.4 is 15.1 Å². The van der Waals surface area contributed by atoms with E-state index >= 15 is 0 Å². The van der Waals surface area contributed by atoms with Crippen molar-refractivity contribution in [2.24, 2.45) is 5.41 Å². The Balaban J connectivity index is 1.31. The van der Waals surface area contributed by atoms with E-state index in [1.807, 2.05) is 53.4 Å². The van der Waals surface area contributed by atoms with Gasteiger partial charge in [0, 0.05) is 50.0 Å². The Labute approximate surface area is 204 Å². The van der Waals surface area contributed by atoms with Crippen LogP contribution in [-0.2, 0) is 4.79 Å². The summed E-state index contributed by atoms with van der Waals surface area (Å²) >= 11 is 6.66.